The maximum absolute atomic E-state index is 11.8. The molecule has 2 aromatic rings. The van der Waals surface area contributed by atoms with Crippen LogP contribution < -0.4 is 5.32 Å². The number of carbonyl (C=O) groups is 2. The van der Waals surface area contributed by atoms with Crippen LogP contribution in [0.25, 0.3) is 0 Å². The summed E-state index contributed by atoms with van der Waals surface area (Å²) < 4.78 is 5.92. The van der Waals surface area contributed by atoms with Crippen molar-refractivity contribution in [3.63, 3.8) is 0 Å². The van der Waals surface area contributed by atoms with Crippen LogP contribution >= 0.6 is 15.9 Å². The van der Waals surface area contributed by atoms with Crippen LogP contribution in [-0.2, 0) is 20.7 Å². The highest BCUT2D eigenvalue weighted by atomic mass is 79.9. The van der Waals surface area contributed by atoms with Gasteiger partial charge in [-0.25, -0.2) is 0 Å². The number of hydrogen-bond acceptors (Lipinski definition) is 3. The Labute approximate surface area is 137 Å². The first-order chi connectivity index (χ1) is 10.5. The van der Waals surface area contributed by atoms with Gasteiger partial charge in [0.2, 0.25) is 0 Å². The Kier molecular flexibility index (Phi) is 5.72. The van der Waals surface area contributed by atoms with E-state index in [9.17, 15) is 9.59 Å². The van der Waals surface area contributed by atoms with Gasteiger partial charge in [0, 0.05) is 10.2 Å². The standard InChI is InChI=1S/C17H16BrNO3/c1-12-4-2-3-5-13(12)10-17(21)22-11-16(20)19-15-8-6-14(18)7-9-15/h2-9H,10-11H2,1H3,(H,19,20). The fourth-order valence-corrected chi connectivity index (χ4v) is 2.16. The summed E-state index contributed by atoms with van der Waals surface area (Å²) in [5, 5.41) is 2.66. The quantitative estimate of drug-likeness (QED) is 0.829. The number of ether oxygens (including phenoxy) is 1. The first-order valence-corrected chi connectivity index (χ1v) is 7.59. The van der Waals surface area contributed by atoms with Gasteiger partial charge in [0.05, 0.1) is 6.42 Å². The molecule has 0 saturated heterocycles. The summed E-state index contributed by atoms with van der Waals surface area (Å²) in [7, 11) is 0. The molecule has 0 aliphatic carbocycles. The number of rotatable bonds is 5. The largest absolute Gasteiger partial charge is 0.455 e. The lowest BCUT2D eigenvalue weighted by Gasteiger charge is -2.08. The Morgan fingerprint density at radius 1 is 1.09 bits per heavy atom. The first-order valence-electron chi connectivity index (χ1n) is 6.80. The lowest BCUT2D eigenvalue weighted by atomic mass is 10.1. The predicted molar refractivity (Wildman–Crippen MR) is 88.6 cm³/mol. The van der Waals surface area contributed by atoms with Crippen molar-refractivity contribution in [2.75, 3.05) is 11.9 Å². The summed E-state index contributed by atoms with van der Waals surface area (Å²) in [6.07, 6.45) is 0.165. The number of benzene rings is 2. The Balaban J connectivity index is 1.79. The molecule has 0 saturated carbocycles. The summed E-state index contributed by atoms with van der Waals surface area (Å²) >= 11 is 3.32. The van der Waals surface area contributed by atoms with E-state index in [1.165, 1.54) is 0 Å². The van der Waals surface area contributed by atoms with E-state index in [-0.39, 0.29) is 18.9 Å². The van der Waals surface area contributed by atoms with E-state index in [0.29, 0.717) is 5.69 Å². The Hall–Kier alpha value is -2.14. The first kappa shape index (κ1) is 16.2. The zero-order chi connectivity index (χ0) is 15.9. The lowest BCUT2D eigenvalue weighted by molar-refractivity contribution is -0.146. The molecule has 0 spiro atoms. The molecule has 4 nitrogen and oxygen atoms in total. The fraction of sp³-hybridized carbons (Fsp3) is 0.176. The molecule has 0 aromatic heterocycles. The van der Waals surface area contributed by atoms with Crippen molar-refractivity contribution in [1.82, 2.24) is 0 Å². The van der Waals surface area contributed by atoms with E-state index in [2.05, 4.69) is 21.2 Å². The van der Waals surface area contributed by atoms with E-state index in [1.807, 2.05) is 43.3 Å². The van der Waals surface area contributed by atoms with Crippen LogP contribution in [0.5, 0.6) is 0 Å². The van der Waals surface area contributed by atoms with Gasteiger partial charge in [0.15, 0.2) is 6.61 Å². The molecular weight excluding hydrogens is 346 g/mol. The van der Waals surface area contributed by atoms with E-state index in [1.54, 1.807) is 12.1 Å². The van der Waals surface area contributed by atoms with Crippen LogP contribution in [0.2, 0.25) is 0 Å². The molecule has 5 heteroatoms. The van der Waals surface area contributed by atoms with Crippen molar-refractivity contribution in [3.8, 4) is 0 Å². The molecule has 0 unspecified atom stereocenters. The molecule has 0 radical (unpaired) electrons. The number of nitrogens with one attached hydrogen (secondary N) is 1. The van der Waals surface area contributed by atoms with Crippen LogP contribution in [0.4, 0.5) is 5.69 Å². The van der Waals surface area contributed by atoms with Crippen molar-refractivity contribution < 1.29 is 14.3 Å². The molecule has 0 atom stereocenters. The lowest BCUT2D eigenvalue weighted by Crippen LogP contribution is -2.21. The molecule has 0 heterocycles. The third-order valence-corrected chi connectivity index (χ3v) is 3.62. The van der Waals surface area contributed by atoms with Crippen LogP contribution in [0.1, 0.15) is 11.1 Å². The average Bonchev–Trinajstić information content (AvgIpc) is 2.50. The molecule has 0 fully saturated rings. The third kappa shape index (κ3) is 5.00. The second-order valence-electron chi connectivity index (χ2n) is 4.82. The van der Waals surface area contributed by atoms with E-state index in [0.717, 1.165) is 15.6 Å². The van der Waals surface area contributed by atoms with Crippen molar-refractivity contribution in [3.05, 3.63) is 64.1 Å². The zero-order valence-electron chi connectivity index (χ0n) is 12.1. The Morgan fingerprint density at radius 3 is 2.45 bits per heavy atom. The van der Waals surface area contributed by atoms with E-state index in [4.69, 9.17) is 4.74 Å². The zero-order valence-corrected chi connectivity index (χ0v) is 13.7. The van der Waals surface area contributed by atoms with Gasteiger partial charge in [0.1, 0.15) is 0 Å². The number of anilines is 1. The molecule has 1 amide bonds. The fourth-order valence-electron chi connectivity index (χ4n) is 1.89. The predicted octanol–water partition coefficient (Wildman–Crippen LogP) is 3.48. The minimum absolute atomic E-state index is 0.165. The van der Waals surface area contributed by atoms with Crippen LogP contribution in [0.3, 0.4) is 0 Å². The van der Waals surface area contributed by atoms with Gasteiger partial charge in [-0.05, 0) is 42.3 Å². The van der Waals surface area contributed by atoms with Crippen molar-refractivity contribution in [1.29, 1.82) is 0 Å². The Morgan fingerprint density at radius 2 is 1.77 bits per heavy atom. The highest BCUT2D eigenvalue weighted by Gasteiger charge is 2.10. The molecule has 22 heavy (non-hydrogen) atoms. The molecule has 0 aliphatic rings. The van der Waals surface area contributed by atoms with Gasteiger partial charge in [0.25, 0.3) is 5.91 Å². The number of amides is 1. The SMILES string of the molecule is Cc1ccccc1CC(=O)OCC(=O)Nc1ccc(Br)cc1. The highest BCUT2D eigenvalue weighted by molar-refractivity contribution is 9.10. The molecular formula is C17H16BrNO3. The number of esters is 1. The minimum atomic E-state index is -0.416. The van der Waals surface area contributed by atoms with Crippen LogP contribution in [-0.4, -0.2) is 18.5 Å². The van der Waals surface area contributed by atoms with Crippen molar-refractivity contribution >= 4 is 33.5 Å². The summed E-state index contributed by atoms with van der Waals surface area (Å²) in [4.78, 5) is 23.5. The van der Waals surface area contributed by atoms with Gasteiger partial charge < -0.3 is 10.1 Å². The average molecular weight is 362 g/mol. The van der Waals surface area contributed by atoms with E-state index < -0.39 is 5.97 Å². The highest BCUT2D eigenvalue weighted by Crippen LogP contribution is 2.14. The smallest absolute Gasteiger partial charge is 0.310 e. The monoisotopic (exact) mass is 361 g/mol. The van der Waals surface area contributed by atoms with Crippen LogP contribution in [0.15, 0.2) is 53.0 Å². The van der Waals surface area contributed by atoms with Gasteiger partial charge in [-0.3, -0.25) is 9.59 Å². The number of aryl methyl sites for hydroxylation is 1. The summed E-state index contributed by atoms with van der Waals surface area (Å²) in [6, 6.07) is 14.8. The van der Waals surface area contributed by atoms with E-state index >= 15 is 0 Å². The number of carbonyl (C=O) groups excluding carboxylic acids is 2. The van der Waals surface area contributed by atoms with Gasteiger partial charge in [-0.15, -0.1) is 0 Å². The summed E-state index contributed by atoms with van der Waals surface area (Å²) in [6.45, 7) is 1.64. The molecule has 2 rings (SSSR count). The van der Waals surface area contributed by atoms with Crippen molar-refractivity contribution in [2.24, 2.45) is 0 Å². The molecule has 0 aliphatic heterocycles. The second kappa shape index (κ2) is 7.75. The molecule has 1 N–H and O–H groups in total. The summed E-state index contributed by atoms with van der Waals surface area (Å²) in [5.74, 6) is -0.777. The minimum Gasteiger partial charge on any atom is -0.455 e. The second-order valence-corrected chi connectivity index (χ2v) is 5.73. The maximum atomic E-state index is 11.8. The number of hydrogen-bond donors (Lipinski definition) is 1. The van der Waals surface area contributed by atoms with Gasteiger partial charge in [-0.2, -0.15) is 0 Å². The topological polar surface area (TPSA) is 55.4 Å². The van der Waals surface area contributed by atoms with Gasteiger partial charge in [-0.1, -0.05) is 40.2 Å². The third-order valence-electron chi connectivity index (χ3n) is 3.09. The maximum Gasteiger partial charge on any atom is 0.310 e. The normalized spacial score (nSPS) is 10.1. The molecule has 0 bridgehead atoms. The van der Waals surface area contributed by atoms with Crippen LogP contribution in [0, 0.1) is 6.92 Å². The molecule has 114 valence electrons. The van der Waals surface area contributed by atoms with Gasteiger partial charge >= 0.3 is 5.97 Å². The van der Waals surface area contributed by atoms with Crippen molar-refractivity contribution in [2.45, 2.75) is 13.3 Å². The number of halogens is 1. The Bertz CT molecular complexity index is 668. The molecule has 2 aromatic carbocycles. The summed E-state index contributed by atoms with van der Waals surface area (Å²) in [5.41, 5.74) is 2.59.